The summed E-state index contributed by atoms with van der Waals surface area (Å²) < 4.78 is 2.35. The molecule has 0 saturated carbocycles. The van der Waals surface area contributed by atoms with Gasteiger partial charge in [0.25, 0.3) is 0 Å². The van der Waals surface area contributed by atoms with E-state index in [1.54, 1.807) is 0 Å². The van der Waals surface area contributed by atoms with Crippen LogP contribution in [0.1, 0.15) is 25.0 Å². The lowest BCUT2D eigenvalue weighted by molar-refractivity contribution is 0.660. The highest BCUT2D eigenvalue weighted by atomic mass is 15.0. The Bertz CT molecular complexity index is 3110. The molecule has 0 atom stereocenters. The molecule has 0 bridgehead atoms. The molecule has 0 amide bonds. The maximum absolute atomic E-state index is 5.06. The molecule has 2 aromatic heterocycles. The minimum Gasteiger partial charge on any atom is -0.309 e. The highest BCUT2D eigenvalue weighted by Crippen LogP contribution is 2.49. The molecule has 0 radical (unpaired) electrons. The fourth-order valence-corrected chi connectivity index (χ4v) is 8.89. The van der Waals surface area contributed by atoms with Crippen molar-refractivity contribution in [2.75, 3.05) is 0 Å². The summed E-state index contributed by atoms with van der Waals surface area (Å²) in [6, 6.07) is 69.1. The Kier molecular flexibility index (Phi) is 7.80. The van der Waals surface area contributed by atoms with Gasteiger partial charge in [-0.3, -0.25) is 0 Å². The van der Waals surface area contributed by atoms with Gasteiger partial charge in [0, 0.05) is 38.6 Å². The first kappa shape index (κ1) is 33.9. The molecule has 58 heavy (non-hydrogen) atoms. The van der Waals surface area contributed by atoms with Crippen LogP contribution in [-0.4, -0.2) is 19.5 Å². The van der Waals surface area contributed by atoms with Crippen LogP contribution in [0.4, 0.5) is 0 Å². The number of aromatic nitrogens is 4. The molecule has 0 N–H and O–H groups in total. The van der Waals surface area contributed by atoms with Crippen molar-refractivity contribution in [3.05, 3.63) is 205 Å². The summed E-state index contributed by atoms with van der Waals surface area (Å²) in [5.41, 5.74) is 16.5. The van der Waals surface area contributed by atoms with Crippen molar-refractivity contribution in [3.63, 3.8) is 0 Å². The topological polar surface area (TPSA) is 43.6 Å². The van der Waals surface area contributed by atoms with Crippen molar-refractivity contribution >= 4 is 21.8 Å². The number of para-hydroxylation sites is 1. The molecule has 0 saturated heterocycles. The van der Waals surface area contributed by atoms with Crippen molar-refractivity contribution in [1.82, 2.24) is 19.5 Å². The second kappa shape index (κ2) is 13.4. The molecule has 0 fully saturated rings. The van der Waals surface area contributed by atoms with E-state index in [0.29, 0.717) is 17.5 Å². The van der Waals surface area contributed by atoms with Gasteiger partial charge in [-0.05, 0) is 93.0 Å². The fourth-order valence-electron chi connectivity index (χ4n) is 8.89. The van der Waals surface area contributed by atoms with Gasteiger partial charge in [-0.2, -0.15) is 0 Å². The third-order valence-electron chi connectivity index (χ3n) is 11.9. The first-order valence-corrected chi connectivity index (χ1v) is 19.9. The first-order chi connectivity index (χ1) is 28.5. The minimum absolute atomic E-state index is 0.00110. The third kappa shape index (κ3) is 5.56. The van der Waals surface area contributed by atoms with E-state index in [9.17, 15) is 0 Å². The molecule has 0 spiro atoms. The van der Waals surface area contributed by atoms with Crippen LogP contribution < -0.4 is 0 Å². The van der Waals surface area contributed by atoms with Crippen molar-refractivity contribution in [2.24, 2.45) is 0 Å². The van der Waals surface area contributed by atoms with Gasteiger partial charge in [0.15, 0.2) is 17.5 Å². The van der Waals surface area contributed by atoms with E-state index < -0.39 is 0 Å². The number of hydrogen-bond acceptors (Lipinski definition) is 3. The van der Waals surface area contributed by atoms with Gasteiger partial charge in [-0.15, -0.1) is 0 Å². The number of hydrogen-bond donors (Lipinski definition) is 0. The quantitative estimate of drug-likeness (QED) is 0.170. The third-order valence-corrected chi connectivity index (χ3v) is 11.9. The zero-order valence-corrected chi connectivity index (χ0v) is 32.3. The molecule has 1 aliphatic carbocycles. The van der Waals surface area contributed by atoms with Gasteiger partial charge in [0.2, 0.25) is 0 Å². The molecule has 10 aromatic rings. The fraction of sp³-hybridized carbons (Fsp3) is 0.0556. The van der Waals surface area contributed by atoms with Gasteiger partial charge in [0.05, 0.1) is 11.0 Å². The Morgan fingerprint density at radius 3 is 1.38 bits per heavy atom. The highest BCUT2D eigenvalue weighted by Gasteiger charge is 2.35. The van der Waals surface area contributed by atoms with Crippen molar-refractivity contribution in [2.45, 2.75) is 19.3 Å². The van der Waals surface area contributed by atoms with E-state index in [2.05, 4.69) is 152 Å². The number of rotatable bonds is 6. The molecule has 8 aromatic carbocycles. The summed E-state index contributed by atoms with van der Waals surface area (Å²) in [4.78, 5) is 15.0. The van der Waals surface area contributed by atoms with Crippen LogP contribution in [0.2, 0.25) is 0 Å². The van der Waals surface area contributed by atoms with Crippen LogP contribution in [0.3, 0.4) is 0 Å². The van der Waals surface area contributed by atoms with E-state index >= 15 is 0 Å². The predicted octanol–water partition coefficient (Wildman–Crippen LogP) is 13.6. The Morgan fingerprint density at radius 1 is 0.345 bits per heavy atom. The average Bonchev–Trinajstić information content (AvgIpc) is 3.74. The smallest absolute Gasteiger partial charge is 0.164 e. The van der Waals surface area contributed by atoms with Crippen molar-refractivity contribution in [1.29, 1.82) is 0 Å². The molecule has 4 nitrogen and oxygen atoms in total. The Hall–Kier alpha value is -7.43. The number of nitrogens with zero attached hydrogens (tertiary/aromatic N) is 4. The second-order valence-corrected chi connectivity index (χ2v) is 15.7. The van der Waals surface area contributed by atoms with Crippen LogP contribution in [-0.2, 0) is 5.41 Å². The summed E-state index contributed by atoms with van der Waals surface area (Å²) in [5.74, 6) is 1.94. The zero-order chi connectivity index (χ0) is 38.8. The molecule has 0 aliphatic heterocycles. The van der Waals surface area contributed by atoms with E-state index in [1.807, 2.05) is 60.7 Å². The van der Waals surface area contributed by atoms with Gasteiger partial charge in [0.1, 0.15) is 0 Å². The van der Waals surface area contributed by atoms with Gasteiger partial charge >= 0.3 is 0 Å². The van der Waals surface area contributed by atoms with Gasteiger partial charge < -0.3 is 4.57 Å². The Morgan fingerprint density at radius 2 is 0.776 bits per heavy atom. The maximum atomic E-state index is 5.06. The standard InChI is InChI=1S/C54H38N4/c1-54(2)47-21-13-12-20-43(47)44-32-39(26-29-48(44)54)35-22-24-36(25-23-35)40-27-30-49-45(33-40)46-34-41(28-31-50(46)58(49)42-18-10-5-11-19-42)53-56-51(37-14-6-3-7-15-37)55-52(57-53)38-16-8-4-9-17-38/h3-34H,1-2H3. The average molecular weight is 743 g/mol. The largest absolute Gasteiger partial charge is 0.309 e. The van der Waals surface area contributed by atoms with Crippen molar-refractivity contribution < 1.29 is 0 Å². The van der Waals surface area contributed by atoms with Crippen molar-refractivity contribution in [3.8, 4) is 73.2 Å². The maximum Gasteiger partial charge on any atom is 0.164 e. The van der Waals surface area contributed by atoms with E-state index in [0.717, 1.165) is 38.8 Å². The van der Waals surface area contributed by atoms with E-state index in [4.69, 9.17) is 15.0 Å². The van der Waals surface area contributed by atoms with E-state index in [1.165, 1.54) is 49.9 Å². The van der Waals surface area contributed by atoms with Crippen LogP contribution in [0.15, 0.2) is 194 Å². The van der Waals surface area contributed by atoms with Crippen LogP contribution in [0.5, 0.6) is 0 Å². The second-order valence-electron chi connectivity index (χ2n) is 15.7. The lowest BCUT2D eigenvalue weighted by Gasteiger charge is -2.21. The lowest BCUT2D eigenvalue weighted by atomic mass is 9.82. The SMILES string of the molecule is CC1(C)c2ccccc2-c2cc(-c3ccc(-c4ccc5c(c4)c4cc(-c6nc(-c7ccccc7)nc(-c7ccccc7)n6)ccc4n5-c4ccccc4)cc3)ccc21. The lowest BCUT2D eigenvalue weighted by Crippen LogP contribution is -2.14. The summed E-state index contributed by atoms with van der Waals surface area (Å²) in [5, 5.41) is 2.31. The number of benzene rings is 8. The van der Waals surface area contributed by atoms with Gasteiger partial charge in [-0.25, -0.2) is 15.0 Å². The molecular weight excluding hydrogens is 705 g/mol. The summed E-state index contributed by atoms with van der Waals surface area (Å²) in [7, 11) is 0. The minimum atomic E-state index is -0.00110. The summed E-state index contributed by atoms with van der Waals surface area (Å²) in [6.45, 7) is 4.66. The normalized spacial score (nSPS) is 12.8. The predicted molar refractivity (Wildman–Crippen MR) is 239 cm³/mol. The Labute approximate surface area is 337 Å². The molecule has 274 valence electrons. The molecule has 11 rings (SSSR count). The monoisotopic (exact) mass is 742 g/mol. The van der Waals surface area contributed by atoms with Gasteiger partial charge in [-0.1, -0.05) is 159 Å². The molecule has 0 unspecified atom stereocenters. The van der Waals surface area contributed by atoms with Crippen LogP contribution >= 0.6 is 0 Å². The summed E-state index contributed by atoms with van der Waals surface area (Å²) in [6.07, 6.45) is 0. The molecule has 1 aliphatic rings. The van der Waals surface area contributed by atoms with Crippen LogP contribution in [0, 0.1) is 0 Å². The molecule has 4 heteroatoms. The molecular formula is C54H38N4. The zero-order valence-electron chi connectivity index (χ0n) is 32.3. The molecule has 2 heterocycles. The Balaban J connectivity index is 1.03. The first-order valence-electron chi connectivity index (χ1n) is 19.9. The number of fused-ring (bicyclic) bond motifs is 6. The van der Waals surface area contributed by atoms with Crippen LogP contribution in [0.25, 0.3) is 95.0 Å². The summed E-state index contributed by atoms with van der Waals surface area (Å²) >= 11 is 0. The highest BCUT2D eigenvalue weighted by molar-refractivity contribution is 6.11. The van der Waals surface area contributed by atoms with E-state index in [-0.39, 0.29) is 5.41 Å².